The Bertz CT molecular complexity index is 310. The average molecular weight is 278 g/mol. The van der Waals surface area contributed by atoms with Gasteiger partial charge in [-0.25, -0.2) is 0 Å². The minimum Gasteiger partial charge on any atom is -0.342 e. The number of alkyl halides is 3. The molecule has 0 aromatic rings. The van der Waals surface area contributed by atoms with Gasteiger partial charge in [0.1, 0.15) is 0 Å². The second kappa shape index (κ2) is 6.11. The normalized spacial score (nSPS) is 24.3. The van der Waals surface area contributed by atoms with Crippen molar-refractivity contribution in [3.63, 3.8) is 0 Å². The number of halogens is 3. The van der Waals surface area contributed by atoms with Crippen LogP contribution in [0.15, 0.2) is 0 Å². The number of carbonyl (C=O) groups excluding carboxylic acids is 1. The number of amides is 1. The van der Waals surface area contributed by atoms with Crippen molar-refractivity contribution in [2.24, 2.45) is 11.8 Å². The SMILES string of the molecule is O=C(C1CCCNC1)N(CCC(F)(F)F)CC1CC1. The summed E-state index contributed by atoms with van der Waals surface area (Å²) in [5, 5.41) is 3.14. The number of carbonyl (C=O) groups is 1. The van der Waals surface area contributed by atoms with E-state index in [-0.39, 0.29) is 18.4 Å². The van der Waals surface area contributed by atoms with Crippen LogP contribution in [-0.4, -0.2) is 43.2 Å². The average Bonchev–Trinajstić information content (AvgIpc) is 3.17. The maximum absolute atomic E-state index is 12.3. The van der Waals surface area contributed by atoms with Crippen LogP contribution in [0.1, 0.15) is 32.1 Å². The highest BCUT2D eigenvalue weighted by Gasteiger charge is 2.34. The first-order valence-corrected chi connectivity index (χ1v) is 7.02. The van der Waals surface area contributed by atoms with Crippen LogP contribution in [0.3, 0.4) is 0 Å². The third-order valence-corrected chi connectivity index (χ3v) is 3.80. The molecule has 2 rings (SSSR count). The topological polar surface area (TPSA) is 32.3 Å². The van der Waals surface area contributed by atoms with E-state index in [0.29, 0.717) is 19.0 Å². The van der Waals surface area contributed by atoms with E-state index in [1.165, 1.54) is 4.90 Å². The lowest BCUT2D eigenvalue weighted by Crippen LogP contribution is -2.44. The summed E-state index contributed by atoms with van der Waals surface area (Å²) in [6.45, 7) is 1.82. The van der Waals surface area contributed by atoms with Crippen molar-refractivity contribution in [2.45, 2.75) is 38.3 Å². The van der Waals surface area contributed by atoms with Crippen molar-refractivity contribution in [3.8, 4) is 0 Å². The molecule has 1 saturated heterocycles. The van der Waals surface area contributed by atoms with Gasteiger partial charge in [-0.05, 0) is 38.1 Å². The summed E-state index contributed by atoms with van der Waals surface area (Å²) in [5.41, 5.74) is 0. The molecule has 2 fully saturated rings. The van der Waals surface area contributed by atoms with Gasteiger partial charge in [0, 0.05) is 19.6 Å². The molecule has 0 aromatic carbocycles. The molecule has 1 atom stereocenters. The van der Waals surface area contributed by atoms with Gasteiger partial charge in [-0.3, -0.25) is 4.79 Å². The van der Waals surface area contributed by atoms with Gasteiger partial charge in [0.25, 0.3) is 0 Å². The Labute approximate surface area is 111 Å². The quantitative estimate of drug-likeness (QED) is 0.836. The molecule has 1 N–H and O–H groups in total. The van der Waals surface area contributed by atoms with Crippen LogP contribution in [0, 0.1) is 11.8 Å². The van der Waals surface area contributed by atoms with Gasteiger partial charge in [0.2, 0.25) is 5.91 Å². The van der Waals surface area contributed by atoms with Gasteiger partial charge in [-0.1, -0.05) is 0 Å². The van der Waals surface area contributed by atoms with Crippen LogP contribution in [0.25, 0.3) is 0 Å². The molecule has 2 aliphatic rings. The number of hydrogen-bond acceptors (Lipinski definition) is 2. The molecule has 1 unspecified atom stereocenters. The fourth-order valence-corrected chi connectivity index (χ4v) is 2.49. The van der Waals surface area contributed by atoms with Crippen LogP contribution in [0.2, 0.25) is 0 Å². The maximum atomic E-state index is 12.3. The molecule has 3 nitrogen and oxygen atoms in total. The zero-order valence-corrected chi connectivity index (χ0v) is 11.0. The Kier molecular flexibility index (Phi) is 4.71. The summed E-state index contributed by atoms with van der Waals surface area (Å²) < 4.78 is 37.0. The van der Waals surface area contributed by atoms with E-state index in [1.54, 1.807) is 0 Å². The van der Waals surface area contributed by atoms with E-state index < -0.39 is 12.6 Å². The molecule has 0 aromatic heterocycles. The number of rotatable bonds is 5. The molecule has 0 spiro atoms. The van der Waals surface area contributed by atoms with E-state index in [0.717, 1.165) is 32.2 Å². The van der Waals surface area contributed by atoms with Crippen LogP contribution < -0.4 is 5.32 Å². The Balaban J connectivity index is 1.88. The minimum atomic E-state index is -4.19. The summed E-state index contributed by atoms with van der Waals surface area (Å²) in [4.78, 5) is 13.7. The molecule has 19 heavy (non-hydrogen) atoms. The van der Waals surface area contributed by atoms with Gasteiger partial charge in [-0.2, -0.15) is 13.2 Å². The highest BCUT2D eigenvalue weighted by molar-refractivity contribution is 5.79. The lowest BCUT2D eigenvalue weighted by molar-refractivity contribution is -0.148. The molecule has 6 heteroatoms. The van der Waals surface area contributed by atoms with Crippen molar-refractivity contribution >= 4 is 5.91 Å². The Morgan fingerprint density at radius 3 is 2.53 bits per heavy atom. The summed E-state index contributed by atoms with van der Waals surface area (Å²) in [6, 6.07) is 0. The first-order chi connectivity index (χ1) is 8.96. The fraction of sp³-hybridized carbons (Fsp3) is 0.923. The smallest absolute Gasteiger partial charge is 0.342 e. The molecule has 0 radical (unpaired) electrons. The second-order valence-electron chi connectivity index (χ2n) is 5.64. The van der Waals surface area contributed by atoms with Crippen molar-refractivity contribution < 1.29 is 18.0 Å². The van der Waals surface area contributed by atoms with E-state index >= 15 is 0 Å². The van der Waals surface area contributed by atoms with Gasteiger partial charge < -0.3 is 10.2 Å². The molecule has 1 saturated carbocycles. The van der Waals surface area contributed by atoms with Crippen molar-refractivity contribution in [1.29, 1.82) is 0 Å². The van der Waals surface area contributed by atoms with Crippen LogP contribution in [-0.2, 0) is 4.79 Å². The van der Waals surface area contributed by atoms with E-state index in [1.807, 2.05) is 0 Å². The molecule has 1 aliphatic heterocycles. The maximum Gasteiger partial charge on any atom is 0.390 e. The molecule has 0 bridgehead atoms. The highest BCUT2D eigenvalue weighted by atomic mass is 19.4. The Hall–Kier alpha value is -0.780. The van der Waals surface area contributed by atoms with Gasteiger partial charge in [0.05, 0.1) is 12.3 Å². The summed E-state index contributed by atoms with van der Waals surface area (Å²) >= 11 is 0. The van der Waals surface area contributed by atoms with E-state index in [2.05, 4.69) is 5.32 Å². The van der Waals surface area contributed by atoms with E-state index in [9.17, 15) is 18.0 Å². The zero-order valence-electron chi connectivity index (χ0n) is 11.0. The van der Waals surface area contributed by atoms with E-state index in [4.69, 9.17) is 0 Å². The first kappa shape index (κ1) is 14.6. The first-order valence-electron chi connectivity index (χ1n) is 7.02. The molecular weight excluding hydrogens is 257 g/mol. The predicted molar refractivity (Wildman–Crippen MR) is 65.6 cm³/mol. The summed E-state index contributed by atoms with van der Waals surface area (Å²) in [6.07, 6.45) is -1.29. The number of nitrogens with one attached hydrogen (secondary N) is 1. The summed E-state index contributed by atoms with van der Waals surface area (Å²) in [7, 11) is 0. The van der Waals surface area contributed by atoms with Crippen molar-refractivity contribution in [3.05, 3.63) is 0 Å². The number of hydrogen-bond donors (Lipinski definition) is 1. The second-order valence-corrected chi connectivity index (χ2v) is 5.64. The van der Waals surface area contributed by atoms with Crippen molar-refractivity contribution in [1.82, 2.24) is 10.2 Å². The van der Waals surface area contributed by atoms with Gasteiger partial charge >= 0.3 is 6.18 Å². The third-order valence-electron chi connectivity index (χ3n) is 3.80. The van der Waals surface area contributed by atoms with Crippen LogP contribution in [0.5, 0.6) is 0 Å². The Morgan fingerprint density at radius 2 is 2.00 bits per heavy atom. The van der Waals surface area contributed by atoms with Crippen LogP contribution >= 0.6 is 0 Å². The lowest BCUT2D eigenvalue weighted by atomic mass is 9.98. The highest BCUT2D eigenvalue weighted by Crippen LogP contribution is 2.31. The largest absolute Gasteiger partial charge is 0.390 e. The fourth-order valence-electron chi connectivity index (χ4n) is 2.49. The molecule has 1 amide bonds. The number of piperidine rings is 1. The van der Waals surface area contributed by atoms with Gasteiger partial charge in [0.15, 0.2) is 0 Å². The van der Waals surface area contributed by atoms with Gasteiger partial charge in [-0.15, -0.1) is 0 Å². The predicted octanol–water partition coefficient (Wildman–Crippen LogP) is 2.18. The Morgan fingerprint density at radius 1 is 1.26 bits per heavy atom. The standard InChI is InChI=1S/C13H21F3N2O/c14-13(15,16)5-7-18(9-10-3-4-10)12(19)11-2-1-6-17-8-11/h10-11,17H,1-9H2. The number of nitrogens with zero attached hydrogens (tertiary/aromatic N) is 1. The molecule has 1 aliphatic carbocycles. The molecular formula is C13H21F3N2O. The minimum absolute atomic E-state index is 0.0941. The van der Waals surface area contributed by atoms with Crippen LogP contribution in [0.4, 0.5) is 13.2 Å². The molecule has 1 heterocycles. The zero-order chi connectivity index (χ0) is 13.9. The molecule has 110 valence electrons. The third kappa shape index (κ3) is 5.01. The lowest BCUT2D eigenvalue weighted by Gasteiger charge is -2.30. The van der Waals surface area contributed by atoms with Crippen molar-refractivity contribution in [2.75, 3.05) is 26.2 Å². The monoisotopic (exact) mass is 278 g/mol. The summed E-state index contributed by atoms with van der Waals surface area (Å²) in [5.74, 6) is 0.192.